The largest absolute Gasteiger partial charge is 0.388 e. The van der Waals surface area contributed by atoms with E-state index in [9.17, 15) is 4.79 Å². The molecule has 0 aliphatic rings. The molecule has 5 nitrogen and oxygen atoms in total. The van der Waals surface area contributed by atoms with Gasteiger partial charge in [0, 0.05) is 22.2 Å². The third kappa shape index (κ3) is 2.33. The molecule has 2 rings (SSSR count). The minimum Gasteiger partial charge on any atom is -0.388 e. The van der Waals surface area contributed by atoms with Crippen LogP contribution in [-0.2, 0) is 6.54 Å². The van der Waals surface area contributed by atoms with Crippen molar-refractivity contribution in [3.05, 3.63) is 37.3 Å². The van der Waals surface area contributed by atoms with Crippen LogP contribution < -0.4 is 11.3 Å². The summed E-state index contributed by atoms with van der Waals surface area (Å²) in [4.78, 5) is 11.8. The molecule has 0 saturated carbocycles. The van der Waals surface area contributed by atoms with Crippen molar-refractivity contribution in [1.29, 1.82) is 0 Å². The van der Waals surface area contributed by atoms with Crippen molar-refractivity contribution < 1.29 is 0 Å². The molecule has 84 valence electrons. The van der Waals surface area contributed by atoms with Gasteiger partial charge in [0.15, 0.2) is 0 Å². The molecule has 0 aliphatic carbocycles. The van der Waals surface area contributed by atoms with Crippen LogP contribution >= 0.6 is 43.4 Å². The molecular weight excluding hydrogens is 360 g/mol. The highest BCUT2D eigenvalue weighted by Gasteiger charge is 2.08. The van der Waals surface area contributed by atoms with Gasteiger partial charge >= 0.3 is 0 Å². The minimum absolute atomic E-state index is 0.129. The molecule has 0 aromatic carbocycles. The van der Waals surface area contributed by atoms with Crippen molar-refractivity contribution in [1.82, 2.24) is 14.2 Å². The van der Waals surface area contributed by atoms with E-state index >= 15 is 0 Å². The molecule has 2 N–H and O–H groups in total. The van der Waals surface area contributed by atoms with Gasteiger partial charge in [-0.25, -0.2) is 0 Å². The smallest absolute Gasteiger partial charge is 0.265 e. The number of nitrogens with two attached hydrogens (primary N) is 1. The summed E-state index contributed by atoms with van der Waals surface area (Å²) in [5.41, 5.74) is 6.15. The standard InChI is InChI=1S/C8H6Br2N4OS/c9-4-1-5(10)8(15)14(2-4)3-6-7(11)16-13-12-6/h1-2H,3,11H2. The van der Waals surface area contributed by atoms with Crippen molar-refractivity contribution in [2.75, 3.05) is 5.73 Å². The van der Waals surface area contributed by atoms with Gasteiger partial charge in [-0.1, -0.05) is 4.49 Å². The Kier molecular flexibility index (Phi) is 3.41. The van der Waals surface area contributed by atoms with E-state index in [0.29, 0.717) is 21.7 Å². The van der Waals surface area contributed by atoms with Gasteiger partial charge in [-0.3, -0.25) is 4.79 Å². The van der Waals surface area contributed by atoms with E-state index in [4.69, 9.17) is 5.73 Å². The average Bonchev–Trinajstić information content (AvgIpc) is 2.60. The predicted octanol–water partition coefficient (Wildman–Crippen LogP) is 1.86. The third-order valence-corrected chi connectivity index (χ3v) is 3.51. The SMILES string of the molecule is Nc1snnc1Cn1cc(Br)cc(Br)c1=O. The second kappa shape index (κ2) is 4.64. The van der Waals surface area contributed by atoms with Gasteiger partial charge in [0.2, 0.25) is 0 Å². The van der Waals surface area contributed by atoms with Crippen molar-refractivity contribution in [2.45, 2.75) is 6.54 Å². The zero-order chi connectivity index (χ0) is 11.7. The predicted molar refractivity (Wildman–Crippen MR) is 69.5 cm³/mol. The molecule has 0 radical (unpaired) electrons. The summed E-state index contributed by atoms with van der Waals surface area (Å²) >= 11 is 7.62. The van der Waals surface area contributed by atoms with Crippen molar-refractivity contribution in [3.63, 3.8) is 0 Å². The second-order valence-corrected chi connectivity index (χ2v) is 5.58. The van der Waals surface area contributed by atoms with Crippen LogP contribution in [0.4, 0.5) is 5.00 Å². The summed E-state index contributed by atoms with van der Waals surface area (Å²) in [5.74, 6) is 0. The quantitative estimate of drug-likeness (QED) is 0.881. The van der Waals surface area contributed by atoms with Crippen molar-refractivity contribution in [3.8, 4) is 0 Å². The van der Waals surface area contributed by atoms with Crippen LogP contribution in [0.5, 0.6) is 0 Å². The Labute approximate surface area is 112 Å². The van der Waals surface area contributed by atoms with E-state index in [1.165, 1.54) is 4.57 Å². The van der Waals surface area contributed by atoms with E-state index in [0.717, 1.165) is 16.0 Å². The number of halogens is 2. The van der Waals surface area contributed by atoms with Crippen molar-refractivity contribution >= 4 is 48.4 Å². The van der Waals surface area contributed by atoms with E-state index < -0.39 is 0 Å². The first-order chi connectivity index (χ1) is 7.58. The van der Waals surface area contributed by atoms with Crippen LogP contribution in [-0.4, -0.2) is 14.2 Å². The molecule has 0 fully saturated rings. The summed E-state index contributed by atoms with van der Waals surface area (Å²) in [5, 5.41) is 4.40. The van der Waals surface area contributed by atoms with Crippen LogP contribution in [0.2, 0.25) is 0 Å². The molecular formula is C8H6Br2N4OS. The number of nitrogens with zero attached hydrogens (tertiary/aromatic N) is 3. The highest BCUT2D eigenvalue weighted by Crippen LogP contribution is 2.16. The molecule has 2 aromatic rings. The van der Waals surface area contributed by atoms with E-state index in [-0.39, 0.29) is 5.56 Å². The van der Waals surface area contributed by atoms with Crippen LogP contribution in [0.1, 0.15) is 5.69 Å². The zero-order valence-electron chi connectivity index (χ0n) is 7.85. The number of rotatable bonds is 2. The fraction of sp³-hybridized carbons (Fsp3) is 0.125. The normalized spacial score (nSPS) is 10.6. The molecule has 0 aliphatic heterocycles. The fourth-order valence-electron chi connectivity index (χ4n) is 1.17. The first-order valence-electron chi connectivity index (χ1n) is 4.20. The Morgan fingerprint density at radius 1 is 1.50 bits per heavy atom. The maximum absolute atomic E-state index is 11.8. The van der Waals surface area contributed by atoms with Crippen LogP contribution in [0.25, 0.3) is 0 Å². The van der Waals surface area contributed by atoms with E-state index in [1.54, 1.807) is 12.3 Å². The first kappa shape index (κ1) is 11.7. The molecule has 2 heterocycles. The lowest BCUT2D eigenvalue weighted by Gasteiger charge is -2.05. The number of aromatic nitrogens is 3. The van der Waals surface area contributed by atoms with Crippen LogP contribution in [0.15, 0.2) is 26.0 Å². The first-order valence-corrected chi connectivity index (χ1v) is 6.56. The molecule has 2 aromatic heterocycles. The molecule has 0 bridgehead atoms. The number of nitrogen functional groups attached to an aromatic ring is 1. The van der Waals surface area contributed by atoms with Crippen LogP contribution in [0, 0.1) is 0 Å². The Bertz CT molecular complexity index is 580. The third-order valence-electron chi connectivity index (χ3n) is 1.91. The molecule has 0 unspecified atom stereocenters. The molecule has 0 amide bonds. The fourth-order valence-corrected chi connectivity index (χ4v) is 2.86. The second-order valence-electron chi connectivity index (χ2n) is 3.02. The number of anilines is 1. The van der Waals surface area contributed by atoms with E-state index in [1.807, 2.05) is 0 Å². The molecule has 0 atom stereocenters. The molecule has 0 spiro atoms. The lowest BCUT2D eigenvalue weighted by Crippen LogP contribution is -2.21. The number of pyridine rings is 1. The highest BCUT2D eigenvalue weighted by atomic mass is 79.9. The zero-order valence-corrected chi connectivity index (χ0v) is 11.8. The Balaban J connectivity index is 2.43. The molecule has 0 saturated heterocycles. The summed E-state index contributed by atoms with van der Waals surface area (Å²) < 4.78 is 6.53. The average molecular weight is 366 g/mol. The maximum Gasteiger partial charge on any atom is 0.265 e. The summed E-state index contributed by atoms with van der Waals surface area (Å²) in [7, 11) is 0. The van der Waals surface area contributed by atoms with Gasteiger partial charge in [-0.05, 0) is 37.9 Å². The summed E-state index contributed by atoms with van der Waals surface area (Å²) in [6.45, 7) is 0.319. The molecule has 8 heteroatoms. The Morgan fingerprint density at radius 3 is 2.88 bits per heavy atom. The number of hydrogen-bond donors (Lipinski definition) is 1. The summed E-state index contributed by atoms with van der Waals surface area (Å²) in [6, 6.07) is 1.70. The number of hydrogen-bond acceptors (Lipinski definition) is 5. The summed E-state index contributed by atoms with van der Waals surface area (Å²) in [6.07, 6.45) is 1.69. The lowest BCUT2D eigenvalue weighted by molar-refractivity contribution is 0.730. The minimum atomic E-state index is -0.129. The van der Waals surface area contributed by atoms with Gasteiger partial charge in [0.1, 0.15) is 10.7 Å². The Morgan fingerprint density at radius 2 is 2.25 bits per heavy atom. The monoisotopic (exact) mass is 364 g/mol. The van der Waals surface area contributed by atoms with Gasteiger partial charge < -0.3 is 10.3 Å². The van der Waals surface area contributed by atoms with E-state index in [2.05, 4.69) is 41.4 Å². The van der Waals surface area contributed by atoms with Gasteiger partial charge in [0.25, 0.3) is 5.56 Å². The van der Waals surface area contributed by atoms with Crippen LogP contribution in [0.3, 0.4) is 0 Å². The highest BCUT2D eigenvalue weighted by molar-refractivity contribution is 9.11. The van der Waals surface area contributed by atoms with Gasteiger partial charge in [-0.15, -0.1) is 5.10 Å². The lowest BCUT2D eigenvalue weighted by atomic mass is 10.4. The topological polar surface area (TPSA) is 73.8 Å². The molecule has 16 heavy (non-hydrogen) atoms. The van der Waals surface area contributed by atoms with Gasteiger partial charge in [0.05, 0.1) is 11.0 Å². The Hall–Kier alpha value is -0.730. The maximum atomic E-state index is 11.8. The van der Waals surface area contributed by atoms with Gasteiger partial charge in [-0.2, -0.15) is 0 Å². The van der Waals surface area contributed by atoms with Crippen molar-refractivity contribution in [2.24, 2.45) is 0 Å².